The molecule has 3 heterocycles. The lowest BCUT2D eigenvalue weighted by atomic mass is 10.3. The summed E-state index contributed by atoms with van der Waals surface area (Å²) in [5.74, 6) is 1.20. The predicted molar refractivity (Wildman–Crippen MR) is 107 cm³/mol. The van der Waals surface area contributed by atoms with E-state index < -0.39 is 0 Å². The highest BCUT2D eigenvalue weighted by atomic mass is 16.5. The van der Waals surface area contributed by atoms with E-state index in [0.29, 0.717) is 55.3 Å². The number of anilines is 2. The van der Waals surface area contributed by atoms with Gasteiger partial charge in [0, 0.05) is 38.4 Å². The van der Waals surface area contributed by atoms with Gasteiger partial charge in [-0.05, 0) is 13.8 Å². The Hall–Kier alpha value is -3.08. The largest absolute Gasteiger partial charge is 0.378 e. The molecule has 156 valence electrons. The van der Waals surface area contributed by atoms with Crippen LogP contribution in [0, 0.1) is 13.8 Å². The Bertz CT molecular complexity index is 937. The Balaban J connectivity index is 1.70. The maximum Gasteiger partial charge on any atom is 0.256 e. The highest BCUT2D eigenvalue weighted by molar-refractivity contribution is 5.75. The molecule has 1 aliphatic heterocycles. The van der Waals surface area contributed by atoms with E-state index in [2.05, 4.69) is 25.3 Å². The maximum absolute atomic E-state index is 12.3. The zero-order valence-electron chi connectivity index (χ0n) is 17.2. The van der Waals surface area contributed by atoms with E-state index in [9.17, 15) is 9.59 Å². The van der Waals surface area contributed by atoms with Crippen LogP contribution >= 0.6 is 0 Å². The first-order chi connectivity index (χ1) is 13.8. The van der Waals surface area contributed by atoms with Gasteiger partial charge in [0.1, 0.15) is 6.54 Å². The summed E-state index contributed by atoms with van der Waals surface area (Å²) in [7, 11) is 3.69. The van der Waals surface area contributed by atoms with Crippen molar-refractivity contribution in [1.29, 1.82) is 0 Å². The summed E-state index contributed by atoms with van der Waals surface area (Å²) in [5.41, 5.74) is 0.963. The first-order valence-electron chi connectivity index (χ1n) is 9.39. The number of amides is 1. The number of ether oxygens (including phenoxy) is 1. The number of nitrogens with one attached hydrogen (secondary N) is 1. The van der Waals surface area contributed by atoms with Gasteiger partial charge in [0.15, 0.2) is 5.82 Å². The molecule has 0 aromatic carbocycles. The van der Waals surface area contributed by atoms with Gasteiger partial charge in [-0.25, -0.2) is 4.98 Å². The fourth-order valence-electron chi connectivity index (χ4n) is 2.76. The van der Waals surface area contributed by atoms with Crippen LogP contribution in [0.25, 0.3) is 0 Å². The SMILES string of the molecule is Cc1ncn(CC(=O)NCc2nc(N(C)C)nc(N3CCOCC3)n2)c(=O)c1C. The van der Waals surface area contributed by atoms with Gasteiger partial charge in [-0.15, -0.1) is 0 Å². The molecule has 2 aromatic rings. The number of hydrogen-bond acceptors (Lipinski definition) is 9. The molecule has 0 atom stereocenters. The molecule has 2 aromatic heterocycles. The summed E-state index contributed by atoms with van der Waals surface area (Å²) < 4.78 is 6.66. The van der Waals surface area contributed by atoms with Crippen LogP contribution in [0.1, 0.15) is 17.1 Å². The quantitative estimate of drug-likeness (QED) is 0.667. The normalized spacial score (nSPS) is 14.0. The lowest BCUT2D eigenvalue weighted by molar-refractivity contribution is -0.121. The lowest BCUT2D eigenvalue weighted by Crippen LogP contribution is -2.38. The number of nitrogens with zero attached hydrogens (tertiary/aromatic N) is 7. The van der Waals surface area contributed by atoms with E-state index in [1.165, 1.54) is 10.9 Å². The van der Waals surface area contributed by atoms with Gasteiger partial charge >= 0.3 is 0 Å². The van der Waals surface area contributed by atoms with Gasteiger partial charge < -0.3 is 19.9 Å². The number of hydrogen-bond donors (Lipinski definition) is 1. The third kappa shape index (κ3) is 5.05. The van der Waals surface area contributed by atoms with E-state index >= 15 is 0 Å². The smallest absolute Gasteiger partial charge is 0.256 e. The van der Waals surface area contributed by atoms with E-state index in [4.69, 9.17) is 4.74 Å². The summed E-state index contributed by atoms with van der Waals surface area (Å²) in [6.07, 6.45) is 1.38. The van der Waals surface area contributed by atoms with Crippen molar-refractivity contribution < 1.29 is 9.53 Å². The number of aryl methyl sites for hydroxylation is 1. The van der Waals surface area contributed by atoms with Crippen molar-refractivity contribution in [2.75, 3.05) is 50.2 Å². The minimum Gasteiger partial charge on any atom is -0.378 e. The fraction of sp³-hybridized carbons (Fsp3) is 0.556. The van der Waals surface area contributed by atoms with Crippen LogP contribution in [-0.2, 0) is 22.6 Å². The van der Waals surface area contributed by atoms with Gasteiger partial charge in [-0.3, -0.25) is 14.2 Å². The summed E-state index contributed by atoms with van der Waals surface area (Å²) >= 11 is 0. The second-order valence-electron chi connectivity index (χ2n) is 7.01. The first-order valence-corrected chi connectivity index (χ1v) is 9.39. The summed E-state index contributed by atoms with van der Waals surface area (Å²) in [6, 6.07) is 0. The van der Waals surface area contributed by atoms with Crippen LogP contribution in [0.3, 0.4) is 0 Å². The molecule has 0 aliphatic carbocycles. The second-order valence-corrected chi connectivity index (χ2v) is 7.01. The molecule has 29 heavy (non-hydrogen) atoms. The zero-order chi connectivity index (χ0) is 21.0. The van der Waals surface area contributed by atoms with E-state index in [0.717, 1.165) is 0 Å². The predicted octanol–water partition coefficient (Wildman–Crippen LogP) is -0.736. The average molecular weight is 402 g/mol. The Kier molecular flexibility index (Phi) is 6.37. The molecule has 1 aliphatic rings. The molecule has 1 amide bonds. The van der Waals surface area contributed by atoms with Crippen molar-refractivity contribution in [3.8, 4) is 0 Å². The Morgan fingerprint density at radius 2 is 1.93 bits per heavy atom. The number of morpholine rings is 1. The van der Waals surface area contributed by atoms with Gasteiger partial charge in [-0.2, -0.15) is 15.0 Å². The standard InChI is InChI=1S/C18H26N8O3/c1-12-13(2)20-11-26(16(12)28)10-15(27)19-9-14-21-17(24(3)4)23-18(22-14)25-5-7-29-8-6-25/h11H,5-10H2,1-4H3,(H,19,27). The first kappa shape index (κ1) is 20.6. The molecule has 11 heteroatoms. The van der Waals surface area contributed by atoms with Crippen molar-refractivity contribution in [2.24, 2.45) is 0 Å². The molecule has 0 unspecified atom stereocenters. The van der Waals surface area contributed by atoms with Gasteiger partial charge in [0.25, 0.3) is 5.56 Å². The van der Waals surface area contributed by atoms with Gasteiger partial charge in [0.05, 0.1) is 26.1 Å². The summed E-state index contributed by atoms with van der Waals surface area (Å²) in [6.45, 7) is 6.11. The molecule has 11 nitrogen and oxygen atoms in total. The van der Waals surface area contributed by atoms with Crippen LogP contribution in [0.5, 0.6) is 0 Å². The topological polar surface area (TPSA) is 118 Å². The number of carbonyl (C=O) groups is 1. The van der Waals surface area contributed by atoms with Crippen LogP contribution in [0.2, 0.25) is 0 Å². The maximum atomic E-state index is 12.3. The molecular formula is C18H26N8O3. The number of aromatic nitrogens is 5. The average Bonchev–Trinajstić information content (AvgIpc) is 2.73. The second kappa shape index (κ2) is 8.95. The van der Waals surface area contributed by atoms with E-state index in [1.54, 1.807) is 18.7 Å². The monoisotopic (exact) mass is 402 g/mol. The van der Waals surface area contributed by atoms with E-state index in [-0.39, 0.29) is 24.6 Å². The number of carbonyl (C=O) groups excluding carboxylic acids is 1. The Morgan fingerprint density at radius 1 is 1.21 bits per heavy atom. The van der Waals surface area contributed by atoms with Crippen molar-refractivity contribution in [3.63, 3.8) is 0 Å². The molecule has 1 fully saturated rings. The fourth-order valence-corrected chi connectivity index (χ4v) is 2.76. The molecule has 0 bridgehead atoms. The van der Waals surface area contributed by atoms with Crippen molar-refractivity contribution in [1.82, 2.24) is 29.8 Å². The van der Waals surface area contributed by atoms with E-state index in [1.807, 2.05) is 19.0 Å². The zero-order valence-corrected chi connectivity index (χ0v) is 17.2. The van der Waals surface area contributed by atoms with Gasteiger partial charge in [-0.1, -0.05) is 0 Å². The minimum atomic E-state index is -0.322. The highest BCUT2D eigenvalue weighted by Gasteiger charge is 2.17. The highest BCUT2D eigenvalue weighted by Crippen LogP contribution is 2.14. The van der Waals surface area contributed by atoms with Crippen LogP contribution in [0.15, 0.2) is 11.1 Å². The van der Waals surface area contributed by atoms with Crippen LogP contribution in [-0.4, -0.2) is 70.8 Å². The van der Waals surface area contributed by atoms with Crippen molar-refractivity contribution in [3.05, 3.63) is 33.8 Å². The molecule has 1 N–H and O–H groups in total. The lowest BCUT2D eigenvalue weighted by Gasteiger charge is -2.27. The minimum absolute atomic E-state index is 0.116. The molecule has 0 spiro atoms. The summed E-state index contributed by atoms with van der Waals surface area (Å²) in [4.78, 5) is 45.9. The third-order valence-corrected chi connectivity index (χ3v) is 4.62. The van der Waals surface area contributed by atoms with Crippen molar-refractivity contribution in [2.45, 2.75) is 26.9 Å². The third-order valence-electron chi connectivity index (χ3n) is 4.62. The summed E-state index contributed by atoms with van der Waals surface area (Å²) in [5, 5.41) is 2.76. The Labute approximate surface area is 168 Å². The molecular weight excluding hydrogens is 376 g/mol. The number of rotatable bonds is 6. The van der Waals surface area contributed by atoms with Crippen LogP contribution in [0.4, 0.5) is 11.9 Å². The molecule has 3 rings (SSSR count). The molecule has 1 saturated heterocycles. The van der Waals surface area contributed by atoms with Crippen LogP contribution < -0.4 is 20.7 Å². The Morgan fingerprint density at radius 3 is 2.62 bits per heavy atom. The molecule has 0 saturated carbocycles. The molecule has 0 radical (unpaired) electrons. The van der Waals surface area contributed by atoms with Gasteiger partial charge in [0.2, 0.25) is 17.8 Å². The van der Waals surface area contributed by atoms with Crippen molar-refractivity contribution >= 4 is 17.8 Å².